The Balaban J connectivity index is 1.54. The molecular weight excluding hydrogens is 440 g/mol. The Morgan fingerprint density at radius 1 is 1.10 bits per heavy atom. The molecule has 0 fully saturated rings. The van der Waals surface area contributed by atoms with Gasteiger partial charge in [-0.2, -0.15) is 0 Å². The highest BCUT2D eigenvalue weighted by atomic mass is 35.5. The zero-order valence-electron chi connectivity index (χ0n) is 16.8. The molecule has 1 aliphatic heterocycles. The number of aryl methyl sites for hydroxylation is 2. The summed E-state index contributed by atoms with van der Waals surface area (Å²) in [7, 11) is -3.83. The number of anilines is 1. The van der Waals surface area contributed by atoms with Gasteiger partial charge in [0.05, 0.1) is 17.2 Å². The number of hydrogen-bond donors (Lipinski definition) is 1. The molecule has 1 N–H and O–H groups in total. The van der Waals surface area contributed by atoms with E-state index in [1.165, 1.54) is 12.1 Å². The number of aromatic nitrogens is 2. The molecule has 0 atom stereocenters. The molecule has 1 aliphatic rings. The van der Waals surface area contributed by atoms with E-state index in [1.54, 1.807) is 50.4 Å². The average molecular weight is 459 g/mol. The highest BCUT2D eigenvalue weighted by Gasteiger charge is 2.17. The molecule has 4 rings (SSSR count). The quantitative estimate of drug-likeness (QED) is 0.576. The predicted molar refractivity (Wildman–Crippen MR) is 118 cm³/mol. The number of hydrogen-bond acceptors (Lipinski definition) is 7. The van der Waals surface area contributed by atoms with Crippen molar-refractivity contribution in [1.82, 2.24) is 9.97 Å². The minimum Gasteiger partial charge on any atom is -0.466 e. The van der Waals surface area contributed by atoms with E-state index in [9.17, 15) is 8.42 Å². The van der Waals surface area contributed by atoms with Crippen molar-refractivity contribution >= 4 is 39.5 Å². The third kappa shape index (κ3) is 5.01. The number of ether oxygens (including phenoxy) is 2. The Morgan fingerprint density at radius 2 is 1.81 bits per heavy atom. The summed E-state index contributed by atoms with van der Waals surface area (Å²) in [5.41, 5.74) is 3.49. The first-order valence-electron chi connectivity index (χ1n) is 9.32. The summed E-state index contributed by atoms with van der Waals surface area (Å²) in [6.45, 7) is 4.13. The lowest BCUT2D eigenvalue weighted by Gasteiger charge is -2.19. The normalized spacial score (nSPS) is 13.6. The van der Waals surface area contributed by atoms with E-state index in [1.807, 2.05) is 0 Å². The zero-order valence-corrected chi connectivity index (χ0v) is 18.4. The molecule has 2 heterocycles. The lowest BCUT2D eigenvalue weighted by atomic mass is 10.1. The summed E-state index contributed by atoms with van der Waals surface area (Å²) in [5, 5.41) is 0.551. The fraction of sp³-hybridized carbons (Fsp3) is 0.190. The molecule has 0 amide bonds. The maximum atomic E-state index is 12.6. The van der Waals surface area contributed by atoms with Crippen molar-refractivity contribution in [3.05, 3.63) is 70.0 Å². The Bertz CT molecular complexity index is 1240. The molecule has 0 radical (unpaired) electrons. The van der Waals surface area contributed by atoms with Crippen molar-refractivity contribution < 1.29 is 17.9 Å². The monoisotopic (exact) mass is 458 g/mol. The van der Waals surface area contributed by atoms with Gasteiger partial charge in [-0.15, -0.1) is 0 Å². The zero-order chi connectivity index (χ0) is 22.0. The standard InChI is InChI=1S/C21H19ClN4O4S/c1-13-7-14(2)25-21(24-13)26-31(27,28)19-5-3-18(4-6-19)23-10-15-8-17(22)9-16-11-29-12-30-20(15)16/h3-10H,11-12H2,1-2H3,(H,24,25,26). The van der Waals surface area contributed by atoms with Crippen LogP contribution in [0, 0.1) is 13.8 Å². The van der Waals surface area contributed by atoms with Crippen LogP contribution in [0.25, 0.3) is 0 Å². The van der Waals surface area contributed by atoms with Gasteiger partial charge in [0.1, 0.15) is 5.75 Å². The van der Waals surface area contributed by atoms with E-state index in [-0.39, 0.29) is 17.6 Å². The minimum atomic E-state index is -3.83. The molecule has 160 valence electrons. The van der Waals surface area contributed by atoms with Gasteiger partial charge < -0.3 is 9.47 Å². The third-order valence-corrected chi connectivity index (χ3v) is 5.97. The first-order valence-corrected chi connectivity index (χ1v) is 11.2. The molecule has 2 aromatic carbocycles. The van der Waals surface area contributed by atoms with E-state index in [0.29, 0.717) is 34.5 Å². The van der Waals surface area contributed by atoms with E-state index in [2.05, 4.69) is 19.7 Å². The second-order valence-electron chi connectivity index (χ2n) is 6.93. The van der Waals surface area contributed by atoms with Gasteiger partial charge in [0, 0.05) is 33.8 Å². The number of fused-ring (bicyclic) bond motifs is 1. The first kappa shape index (κ1) is 21.2. The van der Waals surface area contributed by atoms with Crippen molar-refractivity contribution in [2.45, 2.75) is 25.3 Å². The molecule has 0 bridgehead atoms. The van der Waals surface area contributed by atoms with Crippen LogP contribution in [0.1, 0.15) is 22.5 Å². The fourth-order valence-electron chi connectivity index (χ4n) is 3.11. The molecule has 31 heavy (non-hydrogen) atoms. The molecule has 0 unspecified atom stereocenters. The Labute approximate surface area is 185 Å². The van der Waals surface area contributed by atoms with Crippen LogP contribution < -0.4 is 9.46 Å². The van der Waals surface area contributed by atoms with Gasteiger partial charge in [-0.05, 0) is 56.3 Å². The van der Waals surface area contributed by atoms with E-state index < -0.39 is 10.0 Å². The Kier molecular flexibility index (Phi) is 5.90. The molecule has 0 spiro atoms. The van der Waals surface area contributed by atoms with Crippen LogP contribution in [0.5, 0.6) is 5.75 Å². The van der Waals surface area contributed by atoms with Gasteiger partial charge in [-0.3, -0.25) is 4.99 Å². The van der Waals surface area contributed by atoms with Gasteiger partial charge >= 0.3 is 0 Å². The molecule has 1 aromatic heterocycles. The van der Waals surface area contributed by atoms with Crippen LogP contribution >= 0.6 is 11.6 Å². The van der Waals surface area contributed by atoms with E-state index in [0.717, 1.165) is 11.1 Å². The number of sulfonamides is 1. The highest BCUT2D eigenvalue weighted by Crippen LogP contribution is 2.31. The number of rotatable bonds is 5. The van der Waals surface area contributed by atoms with Crippen LogP contribution in [-0.4, -0.2) is 31.4 Å². The lowest BCUT2D eigenvalue weighted by molar-refractivity contribution is -0.0164. The van der Waals surface area contributed by atoms with Gasteiger partial charge in [0.2, 0.25) is 5.95 Å². The van der Waals surface area contributed by atoms with Crippen molar-refractivity contribution in [3.63, 3.8) is 0 Å². The largest absolute Gasteiger partial charge is 0.466 e. The maximum absolute atomic E-state index is 12.6. The predicted octanol–water partition coefficient (Wildman–Crippen LogP) is 4.16. The molecule has 0 saturated carbocycles. The highest BCUT2D eigenvalue weighted by molar-refractivity contribution is 7.92. The molecule has 0 saturated heterocycles. The van der Waals surface area contributed by atoms with E-state index in [4.69, 9.17) is 21.1 Å². The summed E-state index contributed by atoms with van der Waals surface area (Å²) in [6, 6.07) is 11.5. The molecule has 10 heteroatoms. The summed E-state index contributed by atoms with van der Waals surface area (Å²) in [4.78, 5) is 12.7. The number of nitrogens with zero attached hydrogens (tertiary/aromatic N) is 3. The Morgan fingerprint density at radius 3 is 2.52 bits per heavy atom. The smallest absolute Gasteiger partial charge is 0.264 e. The van der Waals surface area contributed by atoms with Crippen molar-refractivity contribution in [3.8, 4) is 5.75 Å². The number of aliphatic imine (C=N–C) groups is 1. The fourth-order valence-corrected chi connectivity index (χ4v) is 4.30. The van der Waals surface area contributed by atoms with Gasteiger partial charge in [0.25, 0.3) is 10.0 Å². The van der Waals surface area contributed by atoms with E-state index >= 15 is 0 Å². The van der Waals surface area contributed by atoms with Crippen LogP contribution in [-0.2, 0) is 21.4 Å². The van der Waals surface area contributed by atoms with Crippen LogP contribution in [0.15, 0.2) is 52.4 Å². The third-order valence-electron chi connectivity index (χ3n) is 4.41. The van der Waals surface area contributed by atoms with Gasteiger partial charge in [-0.25, -0.2) is 23.1 Å². The van der Waals surface area contributed by atoms with Crippen molar-refractivity contribution in [2.75, 3.05) is 11.5 Å². The van der Waals surface area contributed by atoms with Crippen LogP contribution in [0.4, 0.5) is 11.6 Å². The van der Waals surface area contributed by atoms with Crippen LogP contribution in [0.2, 0.25) is 5.02 Å². The number of benzene rings is 2. The first-order chi connectivity index (χ1) is 14.8. The second-order valence-corrected chi connectivity index (χ2v) is 9.04. The minimum absolute atomic E-state index is 0.0364. The van der Waals surface area contributed by atoms with Crippen LogP contribution in [0.3, 0.4) is 0 Å². The summed E-state index contributed by atoms with van der Waals surface area (Å²) in [6.07, 6.45) is 1.63. The number of halogens is 1. The molecule has 3 aromatic rings. The second kappa shape index (κ2) is 8.62. The summed E-state index contributed by atoms with van der Waals surface area (Å²) >= 11 is 6.16. The Hall–Kier alpha value is -3.01. The molecule has 8 nitrogen and oxygen atoms in total. The lowest BCUT2D eigenvalue weighted by Crippen LogP contribution is -2.15. The van der Waals surface area contributed by atoms with Gasteiger partial charge in [-0.1, -0.05) is 11.6 Å². The van der Waals surface area contributed by atoms with Gasteiger partial charge in [0.15, 0.2) is 6.79 Å². The maximum Gasteiger partial charge on any atom is 0.264 e. The topological polar surface area (TPSA) is 103 Å². The van der Waals surface area contributed by atoms with Crippen molar-refractivity contribution in [2.24, 2.45) is 4.99 Å². The molecule has 0 aliphatic carbocycles. The molecular formula is C21H19ClN4O4S. The SMILES string of the molecule is Cc1cc(C)nc(NS(=O)(=O)c2ccc(N=Cc3cc(Cl)cc4c3OCOC4)cc2)n1. The summed E-state index contributed by atoms with van der Waals surface area (Å²) in [5.74, 6) is 0.713. The number of nitrogens with one attached hydrogen (secondary N) is 1. The average Bonchev–Trinajstić information content (AvgIpc) is 2.71. The van der Waals surface area contributed by atoms with Crippen molar-refractivity contribution in [1.29, 1.82) is 0 Å². The summed E-state index contributed by atoms with van der Waals surface area (Å²) < 4.78 is 38.5.